The molecule has 100 valence electrons. The van der Waals surface area contributed by atoms with Crippen LogP contribution in [-0.2, 0) is 15.0 Å². The molecule has 2 rings (SSSR count). The molecule has 0 aliphatic heterocycles. The fraction of sp³-hybridized carbons (Fsp3) is 0.250. The molecule has 0 bridgehead atoms. The van der Waals surface area contributed by atoms with Crippen molar-refractivity contribution in [2.24, 2.45) is 0 Å². The van der Waals surface area contributed by atoms with Gasteiger partial charge in [0.05, 0.1) is 0 Å². The quantitative estimate of drug-likeness (QED) is 0.734. The first-order chi connectivity index (χ1) is 9.28. The third-order valence-corrected chi connectivity index (χ3v) is 13.0. The van der Waals surface area contributed by atoms with Gasteiger partial charge in [0, 0.05) is 0 Å². The molecule has 0 aliphatic carbocycles. The van der Waals surface area contributed by atoms with Crippen LogP contribution >= 0.6 is 0 Å². The average molecular weight is 363 g/mol. The monoisotopic (exact) mass is 364 g/mol. The van der Waals surface area contributed by atoms with Gasteiger partial charge >= 0.3 is 120 Å². The van der Waals surface area contributed by atoms with E-state index in [-0.39, 0.29) is 0 Å². The zero-order valence-electron chi connectivity index (χ0n) is 11.5. The van der Waals surface area contributed by atoms with E-state index >= 15 is 0 Å². The average Bonchev–Trinajstić information content (AvgIpc) is 2.48. The van der Waals surface area contributed by atoms with Gasteiger partial charge in [0.15, 0.2) is 0 Å². The molecule has 0 aromatic heterocycles. The van der Waals surface area contributed by atoms with Crippen LogP contribution in [0, 0.1) is 0 Å². The van der Waals surface area contributed by atoms with E-state index in [0.29, 0.717) is 0 Å². The van der Waals surface area contributed by atoms with E-state index in [4.69, 9.17) is 6.15 Å². The summed E-state index contributed by atoms with van der Waals surface area (Å²) < 4.78 is 13.6. The summed E-state index contributed by atoms with van der Waals surface area (Å²) in [5.41, 5.74) is 2.61. The maximum absolute atomic E-state index is 5.88. The van der Waals surface area contributed by atoms with Crippen LogP contribution in [0.2, 0.25) is 0 Å². The molecule has 0 N–H and O–H groups in total. The summed E-state index contributed by atoms with van der Waals surface area (Å²) in [5.74, 6) is 0. The molecule has 0 fully saturated rings. The first-order valence-corrected chi connectivity index (χ1v) is 12.8. The van der Waals surface area contributed by atoms with E-state index in [1.165, 1.54) is 11.1 Å². The van der Waals surface area contributed by atoms with Crippen LogP contribution in [0.15, 0.2) is 60.7 Å². The van der Waals surface area contributed by atoms with Crippen LogP contribution < -0.4 is 0 Å². The van der Waals surface area contributed by atoms with E-state index in [1.807, 2.05) is 12.1 Å². The molecule has 0 atom stereocenters. The second-order valence-corrected chi connectivity index (χ2v) is 14.2. The van der Waals surface area contributed by atoms with Crippen molar-refractivity contribution < 1.29 is 6.15 Å². The van der Waals surface area contributed by atoms with Crippen molar-refractivity contribution in [2.45, 2.75) is 8.87 Å². The van der Waals surface area contributed by atoms with Crippen molar-refractivity contribution in [2.75, 3.05) is 14.2 Å². The molecule has 3 heteroatoms. The van der Waals surface area contributed by atoms with E-state index in [9.17, 15) is 0 Å². The van der Waals surface area contributed by atoms with Gasteiger partial charge in [-0.1, -0.05) is 0 Å². The van der Waals surface area contributed by atoms with Crippen molar-refractivity contribution in [3.05, 3.63) is 71.8 Å². The predicted octanol–water partition coefficient (Wildman–Crippen LogP) is 3.29. The number of hydrogen-bond donors (Lipinski definition) is 0. The van der Waals surface area contributed by atoms with Gasteiger partial charge in [-0.2, -0.15) is 0 Å². The summed E-state index contributed by atoms with van der Waals surface area (Å²) in [6.45, 7) is 0. The van der Waals surface area contributed by atoms with Crippen LogP contribution in [0.4, 0.5) is 0 Å². The molecule has 0 saturated heterocycles. The maximum atomic E-state index is 5.88. The Hall–Kier alpha value is -0.841. The van der Waals surface area contributed by atoms with Crippen LogP contribution in [0.5, 0.6) is 0 Å². The van der Waals surface area contributed by atoms with Crippen LogP contribution in [0.1, 0.15) is 11.1 Å². The molecule has 2 nitrogen and oxygen atoms in total. The standard InChI is InChI=1S/2C7H7.2CH3O.Sn/c2*1-7-5-3-2-4-6-7;2*1-2;/h2*2-6H,1H2;2*1H3;/q;;2*-1;+2. The van der Waals surface area contributed by atoms with Crippen molar-refractivity contribution in [3.8, 4) is 0 Å². The van der Waals surface area contributed by atoms with E-state index in [2.05, 4.69) is 48.5 Å². The summed E-state index contributed by atoms with van der Waals surface area (Å²) >= 11 is -3.05. The molecule has 0 radical (unpaired) electrons. The Morgan fingerprint density at radius 1 is 0.684 bits per heavy atom. The minimum atomic E-state index is -3.05. The van der Waals surface area contributed by atoms with Crippen molar-refractivity contribution >= 4 is 19.2 Å². The van der Waals surface area contributed by atoms with Gasteiger partial charge in [-0.25, -0.2) is 0 Å². The molecule has 0 spiro atoms. The summed E-state index contributed by atoms with van der Waals surface area (Å²) in [7, 11) is 3.59. The fourth-order valence-electron chi connectivity index (χ4n) is 2.25. The SMILES string of the molecule is C[O][Sn]([CH2]c1ccccc1)([CH2]c1ccccc1)[O]C. The first kappa shape index (κ1) is 14.6. The van der Waals surface area contributed by atoms with Crippen LogP contribution in [0.3, 0.4) is 0 Å². The second kappa shape index (κ2) is 7.08. The Bertz CT molecular complexity index is 437. The molecular formula is C16H20O2Sn. The van der Waals surface area contributed by atoms with Crippen molar-refractivity contribution in [3.63, 3.8) is 0 Å². The molecular weight excluding hydrogens is 343 g/mol. The molecule has 2 aromatic carbocycles. The number of rotatable bonds is 6. The van der Waals surface area contributed by atoms with Crippen LogP contribution in [-0.4, -0.2) is 33.4 Å². The topological polar surface area (TPSA) is 18.5 Å². The van der Waals surface area contributed by atoms with E-state index in [0.717, 1.165) is 8.87 Å². The van der Waals surface area contributed by atoms with E-state index in [1.54, 1.807) is 14.2 Å². The molecule has 0 heterocycles. The van der Waals surface area contributed by atoms with Crippen LogP contribution in [0.25, 0.3) is 0 Å². The minimum absolute atomic E-state index is 0.942. The zero-order valence-corrected chi connectivity index (χ0v) is 14.4. The first-order valence-electron chi connectivity index (χ1n) is 6.46. The molecule has 2 aromatic rings. The Morgan fingerprint density at radius 3 is 1.37 bits per heavy atom. The summed E-state index contributed by atoms with van der Waals surface area (Å²) in [6.07, 6.45) is 0. The molecule has 0 saturated carbocycles. The summed E-state index contributed by atoms with van der Waals surface area (Å²) in [5, 5.41) is 0. The number of benzene rings is 2. The van der Waals surface area contributed by atoms with Crippen molar-refractivity contribution in [1.29, 1.82) is 0 Å². The van der Waals surface area contributed by atoms with E-state index < -0.39 is 19.2 Å². The van der Waals surface area contributed by atoms with Gasteiger partial charge in [0.25, 0.3) is 0 Å². The number of hydrogen-bond acceptors (Lipinski definition) is 2. The zero-order chi connectivity index (χ0) is 13.6. The molecule has 19 heavy (non-hydrogen) atoms. The molecule has 0 amide bonds. The van der Waals surface area contributed by atoms with Gasteiger partial charge in [-0.15, -0.1) is 0 Å². The Morgan fingerprint density at radius 2 is 1.05 bits per heavy atom. The molecule has 0 unspecified atom stereocenters. The van der Waals surface area contributed by atoms with Gasteiger partial charge in [-0.3, -0.25) is 0 Å². The van der Waals surface area contributed by atoms with Crippen molar-refractivity contribution in [1.82, 2.24) is 0 Å². The Labute approximate surface area is 120 Å². The van der Waals surface area contributed by atoms with Gasteiger partial charge in [0.2, 0.25) is 0 Å². The van der Waals surface area contributed by atoms with Gasteiger partial charge in [-0.05, 0) is 0 Å². The Kier molecular flexibility index (Phi) is 5.43. The third kappa shape index (κ3) is 4.06. The Balaban J connectivity index is 2.18. The molecule has 0 aliphatic rings. The summed E-state index contributed by atoms with van der Waals surface area (Å²) in [6, 6.07) is 20.9. The normalized spacial score (nSPS) is 11.5. The fourth-order valence-corrected chi connectivity index (χ4v) is 9.62. The second-order valence-electron chi connectivity index (χ2n) is 4.64. The summed E-state index contributed by atoms with van der Waals surface area (Å²) in [4.78, 5) is 0. The van der Waals surface area contributed by atoms with Gasteiger partial charge < -0.3 is 0 Å². The predicted molar refractivity (Wildman–Crippen MR) is 80.1 cm³/mol. The third-order valence-electron chi connectivity index (χ3n) is 3.38. The van der Waals surface area contributed by atoms with Gasteiger partial charge in [0.1, 0.15) is 0 Å².